The first-order valence-electron chi connectivity index (χ1n) is 8.77. The number of hydrogen-bond donors (Lipinski definition) is 4. The molecule has 0 bridgehead atoms. The minimum atomic E-state index is -0.750. The molecule has 0 saturated carbocycles. The molecule has 0 saturated heterocycles. The summed E-state index contributed by atoms with van der Waals surface area (Å²) in [5.74, 6) is -0.245. The SMILES string of the molecule is CNC.Cc1ccc(Cc2c(C)nn(C/C(F)=C/CN)c2C)cc1.OCO. The van der Waals surface area contributed by atoms with Gasteiger partial charge in [-0.25, -0.2) is 4.39 Å². The third-order valence-electron chi connectivity index (χ3n) is 3.67. The molecule has 0 aliphatic rings. The molecule has 1 aromatic heterocycles. The zero-order valence-electron chi connectivity index (χ0n) is 17.0. The molecule has 152 valence electrons. The number of aliphatic hydroxyl groups excluding tert-OH is 1. The van der Waals surface area contributed by atoms with Crippen molar-refractivity contribution in [3.8, 4) is 0 Å². The highest BCUT2D eigenvalue weighted by Gasteiger charge is 2.13. The maximum atomic E-state index is 13.6. The molecular formula is C20H33FN4O2. The average molecular weight is 381 g/mol. The van der Waals surface area contributed by atoms with Crippen LogP contribution in [0.5, 0.6) is 0 Å². The molecule has 6 nitrogen and oxygen atoms in total. The van der Waals surface area contributed by atoms with Gasteiger partial charge < -0.3 is 21.3 Å². The second-order valence-corrected chi connectivity index (χ2v) is 6.00. The molecule has 0 spiro atoms. The maximum Gasteiger partial charge on any atom is 0.140 e. The number of halogens is 1. The molecule has 0 atom stereocenters. The summed E-state index contributed by atoms with van der Waals surface area (Å²) in [6.07, 6.45) is 2.20. The largest absolute Gasteiger partial charge is 0.371 e. The van der Waals surface area contributed by atoms with Crippen LogP contribution in [0.15, 0.2) is 36.2 Å². The van der Waals surface area contributed by atoms with Gasteiger partial charge in [0.2, 0.25) is 0 Å². The molecule has 2 aromatic rings. The van der Waals surface area contributed by atoms with Crippen LogP contribution in [0, 0.1) is 20.8 Å². The Morgan fingerprint density at radius 2 is 1.70 bits per heavy atom. The molecule has 0 fully saturated rings. The molecule has 1 aromatic carbocycles. The predicted octanol–water partition coefficient (Wildman–Crippen LogP) is 1.98. The van der Waals surface area contributed by atoms with Gasteiger partial charge in [0.05, 0.1) is 12.2 Å². The Hall–Kier alpha value is -2.06. The second kappa shape index (κ2) is 14.1. The summed E-state index contributed by atoms with van der Waals surface area (Å²) in [5.41, 5.74) is 10.9. The maximum absolute atomic E-state index is 13.6. The van der Waals surface area contributed by atoms with Crippen LogP contribution >= 0.6 is 0 Å². The third kappa shape index (κ3) is 9.44. The molecule has 0 unspecified atom stereocenters. The van der Waals surface area contributed by atoms with Crippen LogP contribution in [0.1, 0.15) is 28.1 Å². The Morgan fingerprint density at radius 1 is 1.19 bits per heavy atom. The second-order valence-electron chi connectivity index (χ2n) is 6.00. The highest BCUT2D eigenvalue weighted by atomic mass is 19.1. The molecule has 5 N–H and O–H groups in total. The van der Waals surface area contributed by atoms with Crippen LogP contribution < -0.4 is 11.1 Å². The number of aryl methyl sites for hydroxylation is 2. The fourth-order valence-electron chi connectivity index (χ4n) is 2.39. The molecule has 1 heterocycles. The average Bonchev–Trinajstić information content (AvgIpc) is 2.86. The lowest BCUT2D eigenvalue weighted by atomic mass is 10.0. The van der Waals surface area contributed by atoms with Gasteiger partial charge in [0.25, 0.3) is 0 Å². The van der Waals surface area contributed by atoms with Gasteiger partial charge in [0, 0.05) is 24.2 Å². The Bertz CT molecular complexity index is 680. The number of benzene rings is 1. The van der Waals surface area contributed by atoms with Crippen molar-refractivity contribution >= 4 is 0 Å². The zero-order valence-corrected chi connectivity index (χ0v) is 17.0. The molecule has 7 heteroatoms. The number of rotatable bonds is 5. The number of nitrogens with one attached hydrogen (secondary N) is 1. The van der Waals surface area contributed by atoms with Crippen molar-refractivity contribution in [1.82, 2.24) is 15.1 Å². The number of nitrogens with zero attached hydrogens (tertiary/aromatic N) is 2. The first kappa shape index (κ1) is 24.9. The summed E-state index contributed by atoms with van der Waals surface area (Å²) < 4.78 is 15.3. The zero-order chi connectivity index (χ0) is 20.8. The smallest absolute Gasteiger partial charge is 0.140 e. The van der Waals surface area contributed by atoms with Crippen LogP contribution in [-0.2, 0) is 13.0 Å². The fourth-order valence-corrected chi connectivity index (χ4v) is 2.39. The van der Waals surface area contributed by atoms with Gasteiger partial charge in [0.1, 0.15) is 12.6 Å². The summed E-state index contributed by atoms with van der Waals surface area (Å²) in [6, 6.07) is 8.46. The topological polar surface area (TPSA) is 96.3 Å². The molecule has 27 heavy (non-hydrogen) atoms. The fraction of sp³-hybridized carbons (Fsp3) is 0.450. The van der Waals surface area contributed by atoms with Crippen molar-refractivity contribution < 1.29 is 14.6 Å². The number of aliphatic hydroxyl groups is 2. The molecule has 0 amide bonds. The lowest BCUT2D eigenvalue weighted by Crippen LogP contribution is -2.05. The minimum absolute atomic E-state index is 0.151. The van der Waals surface area contributed by atoms with E-state index >= 15 is 0 Å². The van der Waals surface area contributed by atoms with Crippen LogP contribution in [0.2, 0.25) is 0 Å². The van der Waals surface area contributed by atoms with Gasteiger partial charge in [-0.15, -0.1) is 0 Å². The standard InChI is InChI=1S/C17H22FN3.C2H7N.CH4O2/c1-12-4-6-15(7-5-12)10-17-13(2)20-21(14(17)3)11-16(18)8-9-19;1-3-2;2-1-3/h4-8H,9-11,19H2,1-3H3;3H,1-2H3;2-3H,1H2/b16-8-;;. The van der Waals surface area contributed by atoms with E-state index in [9.17, 15) is 4.39 Å². The van der Waals surface area contributed by atoms with E-state index < -0.39 is 6.79 Å². The Balaban J connectivity index is 0.000000997. The highest BCUT2D eigenvalue weighted by molar-refractivity contribution is 5.33. The summed E-state index contributed by atoms with van der Waals surface area (Å²) in [4.78, 5) is 0. The van der Waals surface area contributed by atoms with Crippen LogP contribution in [0.3, 0.4) is 0 Å². The third-order valence-corrected chi connectivity index (χ3v) is 3.67. The Morgan fingerprint density at radius 3 is 2.19 bits per heavy atom. The van der Waals surface area contributed by atoms with E-state index in [0.29, 0.717) is 0 Å². The number of aromatic nitrogens is 2. The van der Waals surface area contributed by atoms with Gasteiger partial charge >= 0.3 is 0 Å². The monoisotopic (exact) mass is 380 g/mol. The molecule has 0 radical (unpaired) electrons. The van der Waals surface area contributed by atoms with Crippen LogP contribution in [-0.4, -0.2) is 47.4 Å². The quantitative estimate of drug-likeness (QED) is 0.595. The van der Waals surface area contributed by atoms with Gasteiger partial charge in [-0.1, -0.05) is 29.8 Å². The first-order chi connectivity index (χ1) is 12.8. The van der Waals surface area contributed by atoms with Crippen LogP contribution in [0.4, 0.5) is 4.39 Å². The van der Waals surface area contributed by atoms with E-state index in [1.54, 1.807) is 4.68 Å². The number of allylic oxidation sites excluding steroid dienone is 1. The van der Waals surface area contributed by atoms with Crippen molar-refractivity contribution in [3.63, 3.8) is 0 Å². The predicted molar refractivity (Wildman–Crippen MR) is 108 cm³/mol. The van der Waals surface area contributed by atoms with E-state index in [4.69, 9.17) is 15.9 Å². The van der Waals surface area contributed by atoms with E-state index in [2.05, 4.69) is 41.6 Å². The normalized spacial score (nSPS) is 10.6. The minimum Gasteiger partial charge on any atom is -0.371 e. The summed E-state index contributed by atoms with van der Waals surface area (Å²) >= 11 is 0. The van der Waals surface area contributed by atoms with Crippen molar-refractivity contribution in [2.45, 2.75) is 33.7 Å². The Kier molecular flexibility index (Phi) is 13.0. The lowest BCUT2D eigenvalue weighted by molar-refractivity contribution is 0.0773. The molecule has 0 aliphatic heterocycles. The van der Waals surface area contributed by atoms with Gasteiger partial charge in [-0.3, -0.25) is 4.68 Å². The van der Waals surface area contributed by atoms with E-state index in [1.807, 2.05) is 27.9 Å². The van der Waals surface area contributed by atoms with E-state index in [1.165, 1.54) is 22.8 Å². The lowest BCUT2D eigenvalue weighted by Gasteiger charge is -2.05. The van der Waals surface area contributed by atoms with E-state index in [-0.39, 0.29) is 18.9 Å². The van der Waals surface area contributed by atoms with E-state index in [0.717, 1.165) is 17.8 Å². The summed E-state index contributed by atoms with van der Waals surface area (Å²) in [7, 11) is 3.75. The molecule has 2 rings (SSSR count). The summed E-state index contributed by atoms with van der Waals surface area (Å²) in [5, 5.41) is 21.4. The van der Waals surface area contributed by atoms with Crippen molar-refractivity contribution in [1.29, 1.82) is 0 Å². The van der Waals surface area contributed by atoms with Crippen LogP contribution in [0.25, 0.3) is 0 Å². The molecular weight excluding hydrogens is 347 g/mol. The number of hydrogen-bond acceptors (Lipinski definition) is 5. The van der Waals surface area contributed by atoms with Crippen molar-refractivity contribution in [2.24, 2.45) is 5.73 Å². The van der Waals surface area contributed by atoms with Gasteiger partial charge in [0.15, 0.2) is 0 Å². The van der Waals surface area contributed by atoms with Crippen molar-refractivity contribution in [2.75, 3.05) is 27.4 Å². The number of nitrogens with two attached hydrogens (primary N) is 1. The summed E-state index contributed by atoms with van der Waals surface area (Å²) in [6.45, 7) is 5.64. The van der Waals surface area contributed by atoms with Gasteiger partial charge in [-0.2, -0.15) is 5.10 Å². The molecule has 0 aliphatic carbocycles. The van der Waals surface area contributed by atoms with Crippen molar-refractivity contribution in [3.05, 3.63) is 64.2 Å². The highest BCUT2D eigenvalue weighted by Crippen LogP contribution is 2.19. The van der Waals surface area contributed by atoms with Gasteiger partial charge in [-0.05, 0) is 46.5 Å². The first-order valence-corrected chi connectivity index (χ1v) is 8.77. The Labute approximate surface area is 161 Å².